The number of halogens is 1. The van der Waals surface area contributed by atoms with Crippen molar-refractivity contribution in [3.8, 4) is 5.75 Å². The molecule has 7 heteroatoms. The van der Waals surface area contributed by atoms with E-state index in [0.29, 0.717) is 10.2 Å². The molecule has 2 rings (SSSR count). The van der Waals surface area contributed by atoms with Gasteiger partial charge in [0.1, 0.15) is 5.75 Å². The molecule has 20 heavy (non-hydrogen) atoms. The van der Waals surface area contributed by atoms with E-state index < -0.39 is 11.9 Å². The third-order valence-electron chi connectivity index (χ3n) is 2.45. The van der Waals surface area contributed by atoms with Crippen molar-refractivity contribution >= 4 is 33.5 Å². The molecule has 3 N–H and O–H groups in total. The van der Waals surface area contributed by atoms with E-state index in [-0.39, 0.29) is 16.9 Å². The molecule has 1 aromatic carbocycles. The zero-order chi connectivity index (χ0) is 14.7. The monoisotopic (exact) mass is 336 g/mol. The van der Waals surface area contributed by atoms with Gasteiger partial charge in [-0.15, -0.1) is 0 Å². The Labute approximate surface area is 122 Å². The highest BCUT2D eigenvalue weighted by Crippen LogP contribution is 2.22. The molecule has 0 aliphatic heterocycles. The minimum absolute atomic E-state index is 0.0358. The van der Waals surface area contributed by atoms with Gasteiger partial charge < -0.3 is 15.5 Å². The van der Waals surface area contributed by atoms with Gasteiger partial charge in [-0.2, -0.15) is 0 Å². The highest BCUT2D eigenvalue weighted by atomic mass is 79.9. The van der Waals surface area contributed by atoms with Crippen LogP contribution in [0.15, 0.2) is 41.1 Å². The van der Waals surface area contributed by atoms with Crippen LogP contribution in [0.3, 0.4) is 0 Å². The van der Waals surface area contributed by atoms with Gasteiger partial charge in [-0.3, -0.25) is 9.78 Å². The molecule has 6 nitrogen and oxygen atoms in total. The maximum Gasteiger partial charge on any atom is 0.335 e. The topological polar surface area (TPSA) is 99.5 Å². The molecule has 102 valence electrons. The zero-order valence-electron chi connectivity index (χ0n) is 10.0. The lowest BCUT2D eigenvalue weighted by Crippen LogP contribution is -2.12. The molecule has 1 amide bonds. The van der Waals surface area contributed by atoms with Gasteiger partial charge in [0.2, 0.25) is 0 Å². The summed E-state index contributed by atoms with van der Waals surface area (Å²) in [5.74, 6) is -1.91. The lowest BCUT2D eigenvalue weighted by molar-refractivity contribution is 0.0696. The van der Waals surface area contributed by atoms with Crippen LogP contribution >= 0.6 is 15.9 Å². The minimum Gasteiger partial charge on any atom is -0.505 e. The average Bonchev–Trinajstić information content (AvgIpc) is 2.38. The summed E-state index contributed by atoms with van der Waals surface area (Å²) in [5, 5.41) is 21.0. The molecule has 0 spiro atoms. The summed E-state index contributed by atoms with van der Waals surface area (Å²) in [5.41, 5.74) is 0.392. The summed E-state index contributed by atoms with van der Waals surface area (Å²) in [7, 11) is 0. The van der Waals surface area contributed by atoms with Crippen molar-refractivity contribution in [1.29, 1.82) is 0 Å². The fourth-order valence-corrected chi connectivity index (χ4v) is 2.06. The fraction of sp³-hybridized carbons (Fsp3) is 0. The van der Waals surface area contributed by atoms with Crippen LogP contribution in [-0.2, 0) is 0 Å². The molecule has 1 heterocycles. The number of pyridine rings is 1. The molecule has 1 aromatic heterocycles. The fourth-order valence-electron chi connectivity index (χ4n) is 1.56. The van der Waals surface area contributed by atoms with E-state index >= 15 is 0 Å². The van der Waals surface area contributed by atoms with Crippen molar-refractivity contribution in [3.05, 3.63) is 52.3 Å². The molecule has 2 aromatic rings. The van der Waals surface area contributed by atoms with E-state index in [1.165, 1.54) is 24.4 Å². The standard InChI is InChI=1S/C13H9BrN2O4/c14-8-3-7(13(19)20)4-9(5-8)16-12(18)10-1-2-15-6-11(10)17/h1-6,17H,(H,16,18)(H,19,20). The van der Waals surface area contributed by atoms with Crippen molar-refractivity contribution in [3.63, 3.8) is 0 Å². The number of hydrogen-bond acceptors (Lipinski definition) is 4. The molecule has 0 atom stereocenters. The van der Waals surface area contributed by atoms with Crippen LogP contribution in [0.1, 0.15) is 20.7 Å². The van der Waals surface area contributed by atoms with Gasteiger partial charge in [-0.05, 0) is 24.3 Å². The van der Waals surface area contributed by atoms with Crippen molar-refractivity contribution in [2.75, 3.05) is 5.32 Å². The number of carboxylic acid groups (broad SMARTS) is 1. The number of rotatable bonds is 3. The van der Waals surface area contributed by atoms with E-state index in [1.54, 1.807) is 6.07 Å². The largest absolute Gasteiger partial charge is 0.505 e. The average molecular weight is 337 g/mol. The Morgan fingerprint density at radius 3 is 2.65 bits per heavy atom. The molecule has 0 bridgehead atoms. The molecule has 0 radical (unpaired) electrons. The summed E-state index contributed by atoms with van der Waals surface area (Å²) in [6.07, 6.45) is 2.52. The third kappa shape index (κ3) is 3.12. The summed E-state index contributed by atoms with van der Waals surface area (Å²) in [6.45, 7) is 0. The van der Waals surface area contributed by atoms with Crippen molar-refractivity contribution in [1.82, 2.24) is 4.98 Å². The molecule has 0 aliphatic carbocycles. The Balaban J connectivity index is 2.28. The molecule has 0 fully saturated rings. The van der Waals surface area contributed by atoms with Crippen LogP contribution in [0, 0.1) is 0 Å². The van der Waals surface area contributed by atoms with Gasteiger partial charge in [0.25, 0.3) is 5.91 Å². The highest BCUT2D eigenvalue weighted by molar-refractivity contribution is 9.10. The van der Waals surface area contributed by atoms with Gasteiger partial charge in [-0.1, -0.05) is 15.9 Å². The Kier molecular flexibility index (Phi) is 3.99. The van der Waals surface area contributed by atoms with Crippen LogP contribution < -0.4 is 5.32 Å². The normalized spacial score (nSPS) is 10.1. The summed E-state index contributed by atoms with van der Waals surface area (Å²) < 4.78 is 0.520. The maximum atomic E-state index is 12.0. The number of carbonyl (C=O) groups excluding carboxylic acids is 1. The molecular formula is C13H9BrN2O4. The van der Waals surface area contributed by atoms with Crippen molar-refractivity contribution in [2.24, 2.45) is 0 Å². The van der Waals surface area contributed by atoms with Crippen molar-refractivity contribution < 1.29 is 19.8 Å². The first kappa shape index (κ1) is 14.0. The van der Waals surface area contributed by atoms with E-state index in [4.69, 9.17) is 5.11 Å². The number of aromatic carboxylic acids is 1. The smallest absolute Gasteiger partial charge is 0.335 e. The van der Waals surface area contributed by atoms with E-state index in [9.17, 15) is 14.7 Å². The first-order chi connectivity index (χ1) is 9.47. The lowest BCUT2D eigenvalue weighted by Gasteiger charge is -2.08. The first-order valence-corrected chi connectivity index (χ1v) is 6.25. The van der Waals surface area contributed by atoms with Crippen LogP contribution in [0.4, 0.5) is 5.69 Å². The van der Waals surface area contributed by atoms with Gasteiger partial charge in [0, 0.05) is 16.4 Å². The number of hydrogen-bond donors (Lipinski definition) is 3. The second-order valence-electron chi connectivity index (χ2n) is 3.88. The summed E-state index contributed by atoms with van der Waals surface area (Å²) in [4.78, 5) is 26.6. The molecule has 0 unspecified atom stereocenters. The molecule has 0 saturated carbocycles. The number of carboxylic acids is 1. The van der Waals surface area contributed by atoms with Crippen LogP contribution in [-0.4, -0.2) is 27.1 Å². The summed E-state index contributed by atoms with van der Waals surface area (Å²) >= 11 is 3.17. The number of nitrogens with zero attached hydrogens (tertiary/aromatic N) is 1. The van der Waals surface area contributed by atoms with E-state index in [1.807, 2.05) is 0 Å². The van der Waals surface area contributed by atoms with Gasteiger partial charge in [-0.25, -0.2) is 4.79 Å². The Hall–Kier alpha value is -2.41. The quantitative estimate of drug-likeness (QED) is 0.799. The number of carbonyl (C=O) groups is 2. The number of aromatic nitrogens is 1. The maximum absolute atomic E-state index is 12.0. The second kappa shape index (κ2) is 5.70. The van der Waals surface area contributed by atoms with Crippen molar-refractivity contribution in [2.45, 2.75) is 0 Å². The number of anilines is 1. The number of nitrogens with one attached hydrogen (secondary N) is 1. The minimum atomic E-state index is -1.10. The highest BCUT2D eigenvalue weighted by Gasteiger charge is 2.13. The molecular weight excluding hydrogens is 328 g/mol. The number of benzene rings is 1. The first-order valence-electron chi connectivity index (χ1n) is 5.45. The van der Waals surface area contributed by atoms with Crippen LogP contribution in [0.25, 0.3) is 0 Å². The molecule has 0 saturated heterocycles. The Morgan fingerprint density at radius 2 is 2.00 bits per heavy atom. The predicted molar refractivity (Wildman–Crippen MR) is 75.0 cm³/mol. The van der Waals surface area contributed by atoms with Gasteiger partial charge in [0.15, 0.2) is 0 Å². The Morgan fingerprint density at radius 1 is 1.25 bits per heavy atom. The summed E-state index contributed by atoms with van der Waals surface area (Å²) in [6, 6.07) is 5.66. The third-order valence-corrected chi connectivity index (χ3v) is 2.91. The second-order valence-corrected chi connectivity index (χ2v) is 4.80. The van der Waals surface area contributed by atoms with E-state index in [0.717, 1.165) is 6.20 Å². The zero-order valence-corrected chi connectivity index (χ0v) is 11.6. The number of aromatic hydroxyl groups is 1. The molecule has 0 aliphatic rings. The van der Waals surface area contributed by atoms with Crippen LogP contribution in [0.2, 0.25) is 0 Å². The van der Waals surface area contributed by atoms with Crippen LogP contribution in [0.5, 0.6) is 5.75 Å². The van der Waals surface area contributed by atoms with Gasteiger partial charge in [0.05, 0.1) is 17.3 Å². The van der Waals surface area contributed by atoms with Gasteiger partial charge >= 0.3 is 5.97 Å². The SMILES string of the molecule is O=C(O)c1cc(Br)cc(NC(=O)c2ccncc2O)c1. The lowest BCUT2D eigenvalue weighted by atomic mass is 10.2. The number of amides is 1. The predicted octanol–water partition coefficient (Wildman–Crippen LogP) is 2.50. The van der Waals surface area contributed by atoms with E-state index in [2.05, 4.69) is 26.2 Å². The Bertz CT molecular complexity index is 688.